The van der Waals surface area contributed by atoms with Crippen molar-refractivity contribution in [2.45, 2.75) is 81.1 Å². The quantitative estimate of drug-likeness (QED) is 0.457. The van der Waals surface area contributed by atoms with E-state index in [0.29, 0.717) is 63.8 Å². The molecule has 2 saturated heterocycles. The highest BCUT2D eigenvalue weighted by Gasteiger charge is 2.48. The number of carbonyl (C=O) groups is 1. The number of halogens is 1. The molecule has 1 atom stereocenters. The van der Waals surface area contributed by atoms with Crippen molar-refractivity contribution in [3.05, 3.63) is 49.9 Å². The Kier molecular flexibility index (Phi) is 8.06. The molecule has 2 N–H and O–H groups in total. The van der Waals surface area contributed by atoms with E-state index in [2.05, 4.69) is 15.2 Å². The van der Waals surface area contributed by atoms with Crippen molar-refractivity contribution >= 4 is 29.3 Å². The zero-order chi connectivity index (χ0) is 28.9. The number of methoxy groups -OCH3 is 1. The number of carbonyl (C=O) groups excluding carboxylic acids is 1. The first-order chi connectivity index (χ1) is 19.6. The van der Waals surface area contributed by atoms with Gasteiger partial charge in [-0.1, -0.05) is 11.6 Å². The minimum Gasteiger partial charge on any atom is -0.448 e. The summed E-state index contributed by atoms with van der Waals surface area (Å²) in [5.41, 5.74) is 2.18. The Morgan fingerprint density at radius 1 is 1.17 bits per heavy atom. The number of aryl methyl sites for hydroxylation is 1. The number of benzene rings is 1. The molecule has 4 heterocycles. The summed E-state index contributed by atoms with van der Waals surface area (Å²) in [5.74, 6) is 0.0630. The van der Waals surface area contributed by atoms with Gasteiger partial charge >= 0.3 is 0 Å². The maximum Gasteiger partial charge on any atom is 0.254 e. The molecule has 222 valence electrons. The number of ether oxygens (including phenoxy) is 4. The van der Waals surface area contributed by atoms with E-state index in [0.717, 1.165) is 49.4 Å². The number of pyridine rings is 1. The Morgan fingerprint density at radius 2 is 1.88 bits per heavy atom. The van der Waals surface area contributed by atoms with Crippen molar-refractivity contribution in [3.63, 3.8) is 0 Å². The number of aromatic nitrogens is 1. The van der Waals surface area contributed by atoms with Gasteiger partial charge in [0.05, 0.1) is 35.2 Å². The molecule has 0 spiro atoms. The molecule has 1 amide bonds. The van der Waals surface area contributed by atoms with Crippen LogP contribution >= 0.6 is 23.4 Å². The molecule has 1 unspecified atom stereocenters. The Bertz CT molecular complexity index is 1380. The van der Waals surface area contributed by atoms with E-state index in [-0.39, 0.29) is 23.9 Å². The van der Waals surface area contributed by atoms with Crippen LogP contribution in [0, 0.1) is 19.8 Å². The normalized spacial score (nSPS) is 26.5. The van der Waals surface area contributed by atoms with E-state index in [4.69, 9.17) is 30.5 Å². The predicted molar refractivity (Wildman–Crippen MR) is 157 cm³/mol. The number of nitrogens with one attached hydrogen (secondary N) is 2. The van der Waals surface area contributed by atoms with E-state index in [1.165, 1.54) is 0 Å². The highest BCUT2D eigenvalue weighted by atomic mass is 35.5. The summed E-state index contributed by atoms with van der Waals surface area (Å²) in [7, 11) is 1.78. The SMILES string of the molecule is COC1CN(C2CCC(C3(C)Oc4c(Cl)cc(C(=O)NCc5c(SC6COC6)cc(C)[nH]c5=O)c(C)c4O3)CC2)C1. The largest absolute Gasteiger partial charge is 0.448 e. The molecular weight excluding hydrogens is 566 g/mol. The summed E-state index contributed by atoms with van der Waals surface area (Å²) in [5, 5.41) is 3.58. The minimum absolute atomic E-state index is 0.0962. The van der Waals surface area contributed by atoms with Gasteiger partial charge in [0.2, 0.25) is 0 Å². The van der Waals surface area contributed by atoms with Crippen LogP contribution in [0.5, 0.6) is 11.5 Å². The van der Waals surface area contributed by atoms with E-state index in [9.17, 15) is 9.59 Å². The van der Waals surface area contributed by atoms with Crippen LogP contribution in [0.2, 0.25) is 5.02 Å². The third-order valence-electron chi connectivity index (χ3n) is 9.01. The third-order valence-corrected chi connectivity index (χ3v) is 10.5. The number of hydrogen-bond acceptors (Lipinski definition) is 8. The second-order valence-corrected chi connectivity index (χ2v) is 13.6. The van der Waals surface area contributed by atoms with Gasteiger partial charge in [0.15, 0.2) is 11.5 Å². The number of hydrogen-bond donors (Lipinski definition) is 2. The van der Waals surface area contributed by atoms with E-state index in [1.807, 2.05) is 26.8 Å². The second kappa shape index (κ2) is 11.4. The Morgan fingerprint density at radius 3 is 2.54 bits per heavy atom. The van der Waals surface area contributed by atoms with Gasteiger partial charge < -0.3 is 29.2 Å². The van der Waals surface area contributed by atoms with Crippen LogP contribution in [0.4, 0.5) is 0 Å². The second-order valence-electron chi connectivity index (χ2n) is 11.8. The van der Waals surface area contributed by atoms with E-state index >= 15 is 0 Å². The standard InChI is InChI=1S/C30H38ClN3O6S/c1-16-9-25(41-21-14-38-15-21)23(29(36)33-16)11-32-28(35)22-10-24(31)27-26(17(22)2)39-30(3,40-27)18-5-7-19(8-6-18)34-12-20(13-34)37-4/h9-10,18-21H,5-8,11-15H2,1-4H3,(H,32,35)(H,33,36). The number of nitrogens with zero attached hydrogens (tertiary/aromatic N) is 1. The molecule has 0 bridgehead atoms. The number of H-pyrrole nitrogens is 1. The number of fused-ring (bicyclic) bond motifs is 1. The summed E-state index contributed by atoms with van der Waals surface area (Å²) in [6, 6.07) is 4.16. The zero-order valence-corrected chi connectivity index (χ0v) is 25.6. The first-order valence-corrected chi connectivity index (χ1v) is 15.6. The number of rotatable bonds is 8. The molecule has 4 aliphatic rings. The number of thioether (sulfide) groups is 1. The number of amides is 1. The summed E-state index contributed by atoms with van der Waals surface area (Å²) < 4.78 is 23.6. The van der Waals surface area contributed by atoms with Gasteiger partial charge in [-0.2, -0.15) is 0 Å². The summed E-state index contributed by atoms with van der Waals surface area (Å²) in [4.78, 5) is 32.4. The van der Waals surface area contributed by atoms with Gasteiger partial charge in [-0.25, -0.2) is 0 Å². The Labute approximate surface area is 249 Å². The molecule has 1 saturated carbocycles. The first kappa shape index (κ1) is 28.9. The van der Waals surface area contributed by atoms with Crippen LogP contribution in [0.15, 0.2) is 21.8 Å². The summed E-state index contributed by atoms with van der Waals surface area (Å²) >= 11 is 8.28. The van der Waals surface area contributed by atoms with Crippen LogP contribution in [-0.4, -0.2) is 72.4 Å². The lowest BCUT2D eigenvalue weighted by molar-refractivity contribution is -0.130. The van der Waals surface area contributed by atoms with Crippen LogP contribution in [-0.2, 0) is 16.0 Å². The summed E-state index contributed by atoms with van der Waals surface area (Å²) in [6.45, 7) is 9.11. The Hall–Kier alpha value is -2.24. The molecule has 1 aromatic heterocycles. The van der Waals surface area contributed by atoms with Crippen molar-refractivity contribution in [1.29, 1.82) is 0 Å². The lowest BCUT2D eigenvalue weighted by Gasteiger charge is -2.47. The van der Waals surface area contributed by atoms with Gasteiger partial charge in [0.25, 0.3) is 17.3 Å². The molecule has 6 rings (SSSR count). The van der Waals surface area contributed by atoms with Gasteiger partial charge in [-0.3, -0.25) is 14.5 Å². The topological polar surface area (TPSA) is 102 Å². The average Bonchev–Trinajstić information content (AvgIpc) is 3.27. The number of aromatic amines is 1. The highest BCUT2D eigenvalue weighted by molar-refractivity contribution is 8.00. The van der Waals surface area contributed by atoms with E-state index < -0.39 is 5.79 Å². The van der Waals surface area contributed by atoms with Crippen LogP contribution in [0.25, 0.3) is 0 Å². The van der Waals surface area contributed by atoms with Crippen molar-refractivity contribution in [2.75, 3.05) is 33.4 Å². The molecule has 3 aliphatic heterocycles. The fraction of sp³-hybridized carbons (Fsp3) is 0.600. The maximum atomic E-state index is 13.4. The smallest absolute Gasteiger partial charge is 0.254 e. The fourth-order valence-electron chi connectivity index (χ4n) is 6.31. The summed E-state index contributed by atoms with van der Waals surface area (Å²) in [6.07, 6.45) is 4.52. The molecule has 0 radical (unpaired) electrons. The van der Waals surface area contributed by atoms with Gasteiger partial charge in [-0.05, 0) is 51.7 Å². The molecule has 1 aliphatic carbocycles. The molecule has 3 fully saturated rings. The van der Waals surface area contributed by atoms with Gasteiger partial charge in [0, 0.05) is 67.3 Å². The molecule has 9 nitrogen and oxygen atoms in total. The van der Waals surface area contributed by atoms with Crippen molar-refractivity contribution in [1.82, 2.24) is 15.2 Å². The minimum atomic E-state index is -0.840. The lowest BCUT2D eigenvalue weighted by atomic mass is 9.80. The van der Waals surface area contributed by atoms with Crippen molar-refractivity contribution < 1.29 is 23.7 Å². The van der Waals surface area contributed by atoms with Crippen molar-refractivity contribution in [2.24, 2.45) is 5.92 Å². The third kappa shape index (κ3) is 5.61. The zero-order valence-electron chi connectivity index (χ0n) is 24.0. The Balaban J connectivity index is 1.13. The first-order valence-electron chi connectivity index (χ1n) is 14.4. The molecule has 41 heavy (non-hydrogen) atoms. The maximum absolute atomic E-state index is 13.4. The molecular formula is C30H38ClN3O6S. The predicted octanol–water partition coefficient (Wildman–Crippen LogP) is 4.44. The average molecular weight is 604 g/mol. The van der Waals surface area contributed by atoms with Crippen LogP contribution < -0.4 is 20.3 Å². The van der Waals surface area contributed by atoms with Crippen molar-refractivity contribution in [3.8, 4) is 11.5 Å². The van der Waals surface area contributed by atoms with Crippen LogP contribution in [0.1, 0.15) is 59.8 Å². The van der Waals surface area contributed by atoms with Gasteiger partial charge in [-0.15, -0.1) is 11.8 Å². The van der Waals surface area contributed by atoms with Gasteiger partial charge in [0.1, 0.15) is 0 Å². The number of likely N-dealkylation sites (tertiary alicyclic amines) is 1. The fourth-order valence-corrected chi connectivity index (χ4v) is 7.79. The van der Waals surface area contributed by atoms with Crippen LogP contribution in [0.3, 0.4) is 0 Å². The highest BCUT2D eigenvalue weighted by Crippen LogP contribution is 2.52. The molecule has 1 aromatic carbocycles. The molecule has 2 aromatic rings. The lowest BCUT2D eigenvalue weighted by Crippen LogP contribution is -2.57. The molecule has 11 heteroatoms. The monoisotopic (exact) mass is 603 g/mol. The van der Waals surface area contributed by atoms with E-state index in [1.54, 1.807) is 24.9 Å².